The van der Waals surface area contributed by atoms with Crippen molar-refractivity contribution in [2.75, 3.05) is 12.4 Å². The summed E-state index contributed by atoms with van der Waals surface area (Å²) in [4.78, 5) is 16.8. The van der Waals surface area contributed by atoms with E-state index in [9.17, 15) is 4.79 Å². The maximum absolute atomic E-state index is 12.4. The fourth-order valence-corrected chi connectivity index (χ4v) is 2.68. The molecule has 0 spiro atoms. The normalized spacial score (nSPS) is 10.6. The van der Waals surface area contributed by atoms with E-state index in [1.807, 2.05) is 18.2 Å². The van der Waals surface area contributed by atoms with Crippen LogP contribution in [0.5, 0.6) is 5.75 Å². The van der Waals surface area contributed by atoms with Crippen LogP contribution in [0.15, 0.2) is 69.9 Å². The smallest absolute Gasteiger partial charge is 0.250 e. The van der Waals surface area contributed by atoms with Crippen molar-refractivity contribution in [1.82, 2.24) is 15.2 Å². The van der Waals surface area contributed by atoms with Crippen molar-refractivity contribution in [3.63, 3.8) is 0 Å². The van der Waals surface area contributed by atoms with E-state index >= 15 is 0 Å². The van der Waals surface area contributed by atoms with E-state index in [0.29, 0.717) is 28.7 Å². The summed E-state index contributed by atoms with van der Waals surface area (Å²) < 4.78 is 16.0. The van der Waals surface area contributed by atoms with Crippen LogP contribution in [0.4, 0.5) is 5.95 Å². The second-order valence-electron chi connectivity index (χ2n) is 5.86. The molecule has 0 unspecified atom stereocenters. The van der Waals surface area contributed by atoms with Crippen molar-refractivity contribution in [3.8, 4) is 28.7 Å². The molecule has 0 fully saturated rings. The van der Waals surface area contributed by atoms with Gasteiger partial charge in [0.05, 0.1) is 26.1 Å². The lowest BCUT2D eigenvalue weighted by molar-refractivity contribution is -0.115. The molecule has 28 heavy (non-hydrogen) atoms. The van der Waals surface area contributed by atoms with Crippen molar-refractivity contribution in [2.24, 2.45) is 0 Å². The Morgan fingerprint density at radius 1 is 1.00 bits per heavy atom. The number of carbonyl (C=O) groups excluding carboxylic acids is 1. The Morgan fingerprint density at radius 3 is 2.43 bits per heavy atom. The first-order valence-corrected chi connectivity index (χ1v) is 8.48. The number of nitrogens with zero attached hydrogens (tertiary/aromatic N) is 3. The number of amides is 1. The highest BCUT2D eigenvalue weighted by atomic mass is 16.5. The topological polar surface area (TPSA) is 103 Å². The van der Waals surface area contributed by atoms with Gasteiger partial charge in [-0.2, -0.15) is 0 Å². The molecule has 3 aromatic heterocycles. The van der Waals surface area contributed by atoms with Gasteiger partial charge in [0.15, 0.2) is 17.2 Å². The van der Waals surface area contributed by atoms with E-state index in [1.54, 1.807) is 37.4 Å². The molecule has 3 heterocycles. The number of hydrogen-bond acceptors (Lipinski definition) is 7. The highest BCUT2D eigenvalue weighted by molar-refractivity contribution is 5.91. The van der Waals surface area contributed by atoms with Gasteiger partial charge in [-0.1, -0.05) is 12.1 Å². The average molecular weight is 376 g/mol. The lowest BCUT2D eigenvalue weighted by Crippen LogP contribution is -2.17. The Kier molecular flexibility index (Phi) is 4.83. The number of furan rings is 2. The predicted molar refractivity (Wildman–Crippen MR) is 101 cm³/mol. The monoisotopic (exact) mass is 376 g/mol. The Bertz CT molecular complexity index is 1080. The van der Waals surface area contributed by atoms with E-state index in [1.165, 1.54) is 12.5 Å². The summed E-state index contributed by atoms with van der Waals surface area (Å²) in [5.74, 6) is 1.48. The molecule has 0 radical (unpaired) electrons. The molecule has 0 saturated carbocycles. The molecule has 0 aliphatic rings. The predicted octanol–water partition coefficient (Wildman–Crippen LogP) is 3.58. The van der Waals surface area contributed by atoms with E-state index in [0.717, 1.165) is 5.56 Å². The van der Waals surface area contributed by atoms with Crippen molar-refractivity contribution >= 4 is 11.9 Å². The fourth-order valence-electron chi connectivity index (χ4n) is 2.68. The molecule has 8 heteroatoms. The molecular weight excluding hydrogens is 360 g/mol. The number of methoxy groups -OCH3 is 1. The van der Waals surface area contributed by atoms with E-state index in [-0.39, 0.29) is 18.3 Å². The molecule has 8 nitrogen and oxygen atoms in total. The number of carbonyl (C=O) groups is 1. The summed E-state index contributed by atoms with van der Waals surface area (Å²) >= 11 is 0. The van der Waals surface area contributed by atoms with Crippen LogP contribution in [0.25, 0.3) is 22.9 Å². The first kappa shape index (κ1) is 17.5. The number of anilines is 1. The Labute approximate surface area is 160 Å². The third-order valence-corrected chi connectivity index (χ3v) is 3.95. The summed E-state index contributed by atoms with van der Waals surface area (Å²) in [5, 5.41) is 10.8. The van der Waals surface area contributed by atoms with Gasteiger partial charge in [-0.25, -0.2) is 4.98 Å². The highest BCUT2D eigenvalue weighted by Crippen LogP contribution is 2.29. The molecule has 0 bridgehead atoms. The molecular formula is C20H16N4O4. The van der Waals surface area contributed by atoms with Gasteiger partial charge in [0.25, 0.3) is 0 Å². The van der Waals surface area contributed by atoms with Gasteiger partial charge in [-0.3, -0.25) is 10.1 Å². The average Bonchev–Trinajstić information content (AvgIpc) is 3.42. The Balaban J connectivity index is 1.58. The second kappa shape index (κ2) is 7.75. The van der Waals surface area contributed by atoms with E-state index < -0.39 is 0 Å². The van der Waals surface area contributed by atoms with Gasteiger partial charge >= 0.3 is 0 Å². The zero-order valence-electron chi connectivity index (χ0n) is 15.0. The molecule has 1 amide bonds. The maximum Gasteiger partial charge on any atom is 0.250 e. The maximum atomic E-state index is 12.4. The molecule has 1 N–H and O–H groups in total. The van der Waals surface area contributed by atoms with Crippen molar-refractivity contribution in [1.29, 1.82) is 0 Å². The van der Waals surface area contributed by atoms with Gasteiger partial charge < -0.3 is 13.6 Å². The number of benzene rings is 1. The zero-order valence-corrected chi connectivity index (χ0v) is 15.0. The van der Waals surface area contributed by atoms with Crippen molar-refractivity contribution in [3.05, 3.63) is 66.6 Å². The minimum absolute atomic E-state index is 0.0783. The van der Waals surface area contributed by atoms with Gasteiger partial charge in [-0.05, 0) is 42.0 Å². The van der Waals surface area contributed by atoms with Crippen LogP contribution in [-0.2, 0) is 11.2 Å². The molecule has 0 aliphatic heterocycles. The molecule has 4 aromatic rings. The van der Waals surface area contributed by atoms with Crippen LogP contribution < -0.4 is 10.1 Å². The first-order valence-electron chi connectivity index (χ1n) is 8.48. The molecule has 4 rings (SSSR count). The van der Waals surface area contributed by atoms with Crippen LogP contribution in [0.3, 0.4) is 0 Å². The number of ether oxygens (including phenoxy) is 1. The van der Waals surface area contributed by atoms with Crippen LogP contribution >= 0.6 is 0 Å². The zero-order chi connectivity index (χ0) is 19.3. The molecule has 1 aromatic carbocycles. The van der Waals surface area contributed by atoms with Gasteiger partial charge in [-0.15, -0.1) is 10.2 Å². The van der Waals surface area contributed by atoms with Crippen LogP contribution in [0.1, 0.15) is 5.56 Å². The largest absolute Gasteiger partial charge is 0.497 e. The number of rotatable bonds is 6. The first-order chi connectivity index (χ1) is 13.7. The number of hydrogen-bond donors (Lipinski definition) is 1. The lowest BCUT2D eigenvalue weighted by Gasteiger charge is -2.07. The Morgan fingerprint density at radius 2 is 1.75 bits per heavy atom. The van der Waals surface area contributed by atoms with Gasteiger partial charge in [0.1, 0.15) is 11.4 Å². The molecule has 140 valence electrons. The summed E-state index contributed by atoms with van der Waals surface area (Å²) in [6, 6.07) is 14.3. The van der Waals surface area contributed by atoms with Gasteiger partial charge in [0, 0.05) is 0 Å². The van der Waals surface area contributed by atoms with Crippen molar-refractivity contribution < 1.29 is 18.4 Å². The van der Waals surface area contributed by atoms with Crippen molar-refractivity contribution in [2.45, 2.75) is 6.42 Å². The molecule has 0 saturated heterocycles. The van der Waals surface area contributed by atoms with E-state index in [2.05, 4.69) is 20.5 Å². The minimum Gasteiger partial charge on any atom is -0.497 e. The SMILES string of the molecule is COc1cccc(CC(=O)Nc2nnc(-c3ccco3)c(-c3ccco3)n2)c1. The standard InChI is InChI=1S/C20H16N4O4/c1-26-14-6-2-5-13(11-14)12-17(25)21-20-22-18(15-7-3-9-27-15)19(23-24-20)16-8-4-10-28-16/h2-11H,12H2,1H3,(H,21,22,24,25). The number of aromatic nitrogens is 3. The summed E-state index contributed by atoms with van der Waals surface area (Å²) in [7, 11) is 1.58. The lowest BCUT2D eigenvalue weighted by atomic mass is 10.1. The molecule has 0 atom stereocenters. The fraction of sp³-hybridized carbons (Fsp3) is 0.100. The highest BCUT2D eigenvalue weighted by Gasteiger charge is 2.18. The number of nitrogens with one attached hydrogen (secondary N) is 1. The van der Waals surface area contributed by atoms with Crippen LogP contribution in [0, 0.1) is 0 Å². The summed E-state index contributed by atoms with van der Waals surface area (Å²) in [6.07, 6.45) is 3.22. The summed E-state index contributed by atoms with van der Waals surface area (Å²) in [6.45, 7) is 0. The van der Waals surface area contributed by atoms with Crippen LogP contribution in [-0.4, -0.2) is 28.2 Å². The van der Waals surface area contributed by atoms with Gasteiger partial charge in [0.2, 0.25) is 11.9 Å². The molecule has 0 aliphatic carbocycles. The minimum atomic E-state index is -0.272. The Hall–Kier alpha value is -3.94. The van der Waals surface area contributed by atoms with E-state index in [4.69, 9.17) is 13.6 Å². The quantitative estimate of drug-likeness (QED) is 0.548. The second-order valence-corrected chi connectivity index (χ2v) is 5.86. The third kappa shape index (κ3) is 3.75. The van der Waals surface area contributed by atoms with Crippen LogP contribution in [0.2, 0.25) is 0 Å². The summed E-state index contributed by atoms with van der Waals surface area (Å²) in [5.41, 5.74) is 1.65. The third-order valence-electron chi connectivity index (χ3n) is 3.95.